The smallest absolute Gasteiger partial charge is 0.313 e. The maximum absolute atomic E-state index is 11.1. The molecule has 8 radical (unpaired) electrons. The maximum atomic E-state index is 11.1. The van der Waals surface area contributed by atoms with E-state index in [9.17, 15) is 14.4 Å². The summed E-state index contributed by atoms with van der Waals surface area (Å²) in [5, 5.41) is 0. The third-order valence-corrected chi connectivity index (χ3v) is 1.37. The van der Waals surface area contributed by atoms with Crippen LogP contribution in [-0.4, -0.2) is 23.3 Å². The molecule has 16 heavy (non-hydrogen) atoms. The first kappa shape index (κ1) is 14.6. The fourth-order valence-corrected chi connectivity index (χ4v) is 0.783. The van der Waals surface area contributed by atoms with Gasteiger partial charge in [-0.3, -0.25) is 14.4 Å². The number of carbonyl (C=O) groups excluding carboxylic acids is 3. The molecule has 0 rings (SSSR count). The molecule has 5 nitrogen and oxygen atoms in total. The lowest BCUT2D eigenvalue weighted by Crippen LogP contribution is -2.26. The minimum atomic E-state index is -2.12. The Bertz CT molecular complexity index is 275. The SMILES string of the molecule is [CH]OC(=O)CCC(=O)CC(=O)OC([CH])([CH])[CH]. The Kier molecular flexibility index (Phi) is 5.71. The zero-order valence-electron chi connectivity index (χ0n) is 8.47. The molecule has 84 valence electrons. The van der Waals surface area contributed by atoms with E-state index in [2.05, 4.69) is 16.6 Å². The highest BCUT2D eigenvalue weighted by atomic mass is 16.6. The van der Waals surface area contributed by atoms with Crippen molar-refractivity contribution in [3.05, 3.63) is 27.9 Å². The Labute approximate surface area is 95.1 Å². The summed E-state index contributed by atoms with van der Waals surface area (Å²) in [6.45, 7) is 14.9. The molecule has 0 amide bonds. The molecule has 0 N–H and O–H groups in total. The summed E-state index contributed by atoms with van der Waals surface area (Å²) in [6, 6.07) is 0. The first-order valence-electron chi connectivity index (χ1n) is 4.24. The van der Waals surface area contributed by atoms with Gasteiger partial charge in [-0.25, -0.2) is 0 Å². The summed E-state index contributed by atoms with van der Waals surface area (Å²) in [4.78, 5) is 32.6. The van der Waals surface area contributed by atoms with E-state index in [4.69, 9.17) is 20.8 Å². The van der Waals surface area contributed by atoms with Gasteiger partial charge in [0.15, 0.2) is 7.11 Å². The van der Waals surface area contributed by atoms with E-state index in [1.807, 2.05) is 0 Å². The normalized spacial score (nSPS) is 10.8. The van der Waals surface area contributed by atoms with Gasteiger partial charge < -0.3 is 9.47 Å². The van der Waals surface area contributed by atoms with Crippen molar-refractivity contribution in [3.8, 4) is 0 Å². The highest BCUT2D eigenvalue weighted by molar-refractivity contribution is 5.96. The van der Waals surface area contributed by atoms with Crippen molar-refractivity contribution in [2.24, 2.45) is 0 Å². The number of Topliss-reactive ketones (excluding diaryl/α,β-unsaturated/α-hetero) is 1. The van der Waals surface area contributed by atoms with Crippen molar-refractivity contribution in [1.82, 2.24) is 0 Å². The molecule has 0 heterocycles. The molecular formula is C11H10O5. The van der Waals surface area contributed by atoms with Gasteiger partial charge in [0.2, 0.25) is 0 Å². The minimum Gasteiger partial charge on any atom is -0.458 e. The molecule has 0 bridgehead atoms. The number of ether oxygens (including phenoxy) is 2. The monoisotopic (exact) mass is 222 g/mol. The molecule has 0 aromatic heterocycles. The van der Waals surface area contributed by atoms with Gasteiger partial charge in [0.25, 0.3) is 0 Å². The topological polar surface area (TPSA) is 69.7 Å². The number of hydrogen-bond acceptors (Lipinski definition) is 5. The average Bonchev–Trinajstić information content (AvgIpc) is 2.10. The Balaban J connectivity index is 3.88. The maximum Gasteiger partial charge on any atom is 0.313 e. The zero-order valence-corrected chi connectivity index (χ0v) is 8.47. The molecule has 5 heteroatoms. The van der Waals surface area contributed by atoms with Gasteiger partial charge >= 0.3 is 11.9 Å². The molecule has 0 aromatic carbocycles. The highest BCUT2D eigenvalue weighted by Gasteiger charge is 2.20. The summed E-state index contributed by atoms with van der Waals surface area (Å²) in [5.41, 5.74) is -2.12. The largest absolute Gasteiger partial charge is 0.458 e. The zero-order chi connectivity index (χ0) is 12.8. The summed E-state index contributed by atoms with van der Waals surface area (Å²) >= 11 is 0. The number of esters is 2. The van der Waals surface area contributed by atoms with E-state index in [0.29, 0.717) is 0 Å². The van der Waals surface area contributed by atoms with E-state index in [1.54, 1.807) is 0 Å². The van der Waals surface area contributed by atoms with Gasteiger partial charge in [-0.05, 0) is 0 Å². The molecule has 0 aromatic rings. The number of rotatable bonds is 6. The van der Waals surface area contributed by atoms with Crippen molar-refractivity contribution in [3.63, 3.8) is 0 Å². The standard InChI is InChI=1S/C11H10O5/c1-11(2,3)16-10(14)7-8(12)5-6-9(13)15-4/h1-4H,5-7H2. The van der Waals surface area contributed by atoms with E-state index in [-0.39, 0.29) is 12.8 Å². The fraction of sp³-hybridized carbons (Fsp3) is 0.364. The Morgan fingerprint density at radius 2 is 1.56 bits per heavy atom. The number of carbonyl (C=O) groups is 3. The van der Waals surface area contributed by atoms with Crippen LogP contribution in [-0.2, 0) is 23.9 Å². The van der Waals surface area contributed by atoms with Crippen LogP contribution >= 0.6 is 0 Å². The van der Waals surface area contributed by atoms with E-state index in [0.717, 1.165) is 0 Å². The summed E-state index contributed by atoms with van der Waals surface area (Å²) in [5.74, 6) is -2.27. The van der Waals surface area contributed by atoms with Crippen LogP contribution < -0.4 is 0 Å². The van der Waals surface area contributed by atoms with Crippen molar-refractivity contribution in [2.75, 3.05) is 0 Å². The quantitative estimate of drug-likeness (QED) is 0.479. The predicted octanol–water partition coefficient (Wildman–Crippen LogP) is 0.353. The Hall–Kier alpha value is -1.39. The van der Waals surface area contributed by atoms with E-state index < -0.39 is 29.7 Å². The fourth-order valence-electron chi connectivity index (χ4n) is 0.783. The Morgan fingerprint density at radius 1 is 1.00 bits per heavy atom. The molecule has 0 aliphatic heterocycles. The van der Waals surface area contributed by atoms with Crippen molar-refractivity contribution >= 4 is 17.7 Å². The summed E-state index contributed by atoms with van der Waals surface area (Å²) in [6.07, 6.45) is -0.995. The van der Waals surface area contributed by atoms with Crippen molar-refractivity contribution in [1.29, 1.82) is 0 Å². The van der Waals surface area contributed by atoms with Crippen LogP contribution in [0.2, 0.25) is 0 Å². The third-order valence-electron chi connectivity index (χ3n) is 1.37. The van der Waals surface area contributed by atoms with Crippen LogP contribution in [0.3, 0.4) is 0 Å². The van der Waals surface area contributed by atoms with Crippen LogP contribution in [0.4, 0.5) is 0 Å². The van der Waals surface area contributed by atoms with Gasteiger partial charge in [-0.2, -0.15) is 0 Å². The Morgan fingerprint density at radius 3 is 2.00 bits per heavy atom. The molecule has 0 saturated carbocycles. The number of hydrogen-bond donors (Lipinski definition) is 0. The molecule has 0 unspecified atom stereocenters. The third kappa shape index (κ3) is 7.96. The van der Waals surface area contributed by atoms with E-state index in [1.165, 1.54) is 0 Å². The van der Waals surface area contributed by atoms with Crippen LogP contribution in [0.5, 0.6) is 0 Å². The minimum absolute atomic E-state index is 0.197. The average molecular weight is 222 g/mol. The second-order valence-electron chi connectivity index (χ2n) is 3.03. The summed E-state index contributed by atoms with van der Waals surface area (Å²) in [7, 11) is 4.54. The van der Waals surface area contributed by atoms with Gasteiger partial charge in [-0.15, -0.1) is 0 Å². The summed E-state index contributed by atoms with van der Waals surface area (Å²) < 4.78 is 8.09. The molecule has 0 fully saturated rings. The van der Waals surface area contributed by atoms with Crippen molar-refractivity contribution in [2.45, 2.75) is 24.9 Å². The first-order valence-corrected chi connectivity index (χ1v) is 4.24. The van der Waals surface area contributed by atoms with Crippen LogP contribution in [0.1, 0.15) is 19.3 Å². The van der Waals surface area contributed by atoms with Gasteiger partial charge in [-0.1, -0.05) is 0 Å². The first-order chi connectivity index (χ1) is 7.24. The number of ketones is 1. The second kappa shape index (κ2) is 6.25. The molecule has 0 spiro atoms. The lowest BCUT2D eigenvalue weighted by molar-refractivity contribution is -0.152. The lowest BCUT2D eigenvalue weighted by atomic mass is 10.1. The molecule has 0 aliphatic carbocycles. The molecule has 0 atom stereocenters. The highest BCUT2D eigenvalue weighted by Crippen LogP contribution is 2.07. The predicted molar refractivity (Wildman–Crippen MR) is 51.0 cm³/mol. The molecule has 0 saturated heterocycles. The van der Waals surface area contributed by atoms with Crippen LogP contribution in [0, 0.1) is 27.9 Å². The second-order valence-corrected chi connectivity index (χ2v) is 3.03. The van der Waals surface area contributed by atoms with Gasteiger partial charge in [0.05, 0.1) is 6.42 Å². The van der Waals surface area contributed by atoms with Crippen LogP contribution in [0.15, 0.2) is 0 Å². The van der Waals surface area contributed by atoms with E-state index >= 15 is 0 Å². The van der Waals surface area contributed by atoms with Gasteiger partial charge in [0.1, 0.15) is 17.8 Å². The molecular weight excluding hydrogens is 212 g/mol. The van der Waals surface area contributed by atoms with Gasteiger partial charge in [0, 0.05) is 27.2 Å². The lowest BCUT2D eigenvalue weighted by Gasteiger charge is -2.17. The molecule has 0 aliphatic rings. The van der Waals surface area contributed by atoms with Crippen LogP contribution in [0.25, 0.3) is 0 Å². The van der Waals surface area contributed by atoms with Crippen molar-refractivity contribution < 1.29 is 23.9 Å².